The molecule has 0 atom stereocenters. The Hall–Kier alpha value is -4.12. The van der Waals surface area contributed by atoms with Crippen molar-refractivity contribution in [2.75, 3.05) is 0 Å². The number of nitro groups is 1. The quantitative estimate of drug-likeness (QED) is 0.266. The highest BCUT2D eigenvalue weighted by Gasteiger charge is 2.24. The minimum atomic E-state index is -0.311. The summed E-state index contributed by atoms with van der Waals surface area (Å²) in [6.07, 6.45) is 0. The number of hydrogen-bond donors (Lipinski definition) is 1. The Labute approximate surface area is 164 Å². The minimum Gasteiger partial charge on any atom is -0.455 e. The molecule has 5 heteroatoms. The van der Waals surface area contributed by atoms with Crippen molar-refractivity contribution in [2.45, 2.75) is 0 Å². The first kappa shape index (κ1) is 15.9. The van der Waals surface area contributed by atoms with Crippen molar-refractivity contribution in [3.63, 3.8) is 0 Å². The Morgan fingerprint density at radius 1 is 0.724 bits per heavy atom. The van der Waals surface area contributed by atoms with E-state index in [1.807, 2.05) is 78.9 Å². The summed E-state index contributed by atoms with van der Waals surface area (Å²) < 4.78 is 6.11. The van der Waals surface area contributed by atoms with Crippen LogP contribution in [-0.2, 0) is 0 Å². The summed E-state index contributed by atoms with van der Waals surface area (Å²) in [5, 5.41) is 15.9. The molecule has 0 saturated carbocycles. The van der Waals surface area contributed by atoms with Gasteiger partial charge in [0, 0.05) is 32.6 Å². The molecule has 0 saturated heterocycles. The maximum absolute atomic E-state index is 12.1. The molecule has 5 nitrogen and oxygen atoms in total. The Kier molecular flexibility index (Phi) is 3.12. The Morgan fingerprint density at radius 2 is 1.48 bits per heavy atom. The maximum atomic E-state index is 12.1. The molecule has 0 aliphatic carbocycles. The van der Waals surface area contributed by atoms with Gasteiger partial charge in [-0.15, -0.1) is 0 Å². The van der Waals surface area contributed by atoms with E-state index in [0.29, 0.717) is 22.2 Å². The molecule has 0 aliphatic heterocycles. The van der Waals surface area contributed by atoms with Crippen LogP contribution in [0.5, 0.6) is 0 Å². The minimum absolute atomic E-state index is 0.0617. The summed E-state index contributed by atoms with van der Waals surface area (Å²) in [7, 11) is 0. The van der Waals surface area contributed by atoms with Crippen molar-refractivity contribution in [3.05, 3.63) is 89.0 Å². The molecule has 0 bridgehead atoms. The number of fused-ring (bicyclic) bond motifs is 6. The predicted octanol–water partition coefficient (Wildman–Crippen LogP) is 6.80. The fourth-order valence-corrected chi connectivity index (χ4v) is 4.27. The highest BCUT2D eigenvalue weighted by molar-refractivity contribution is 6.15. The summed E-state index contributed by atoms with van der Waals surface area (Å²) in [5.74, 6) is 0. The fraction of sp³-hybridized carbons (Fsp3) is 0. The third-order valence-electron chi connectivity index (χ3n) is 5.53. The van der Waals surface area contributed by atoms with E-state index in [9.17, 15) is 10.1 Å². The molecule has 0 radical (unpaired) electrons. The maximum Gasteiger partial charge on any atom is 0.301 e. The van der Waals surface area contributed by atoms with Crippen LogP contribution in [0.3, 0.4) is 0 Å². The number of furan rings is 1. The van der Waals surface area contributed by atoms with E-state index in [4.69, 9.17) is 4.42 Å². The molecule has 0 aliphatic rings. The number of nitro benzene ring substituents is 1. The number of H-pyrrole nitrogens is 1. The first-order valence-corrected chi connectivity index (χ1v) is 9.31. The molecule has 0 unspecified atom stereocenters. The second-order valence-electron chi connectivity index (χ2n) is 7.09. The molecule has 4 aromatic carbocycles. The van der Waals surface area contributed by atoms with Crippen LogP contribution in [-0.4, -0.2) is 9.91 Å². The fourth-order valence-electron chi connectivity index (χ4n) is 4.27. The lowest BCUT2D eigenvalue weighted by Gasteiger charge is -2.05. The van der Waals surface area contributed by atoms with E-state index in [0.717, 1.165) is 32.6 Å². The van der Waals surface area contributed by atoms with Gasteiger partial charge in [-0.05, 0) is 18.2 Å². The van der Waals surface area contributed by atoms with E-state index in [2.05, 4.69) is 4.98 Å². The second-order valence-corrected chi connectivity index (χ2v) is 7.09. The molecule has 6 aromatic rings. The molecule has 29 heavy (non-hydrogen) atoms. The van der Waals surface area contributed by atoms with Gasteiger partial charge in [-0.1, -0.05) is 60.7 Å². The molecule has 0 fully saturated rings. The van der Waals surface area contributed by atoms with Gasteiger partial charge < -0.3 is 9.40 Å². The van der Waals surface area contributed by atoms with Crippen LogP contribution in [0, 0.1) is 10.1 Å². The van der Waals surface area contributed by atoms with Crippen LogP contribution >= 0.6 is 0 Å². The first-order valence-electron chi connectivity index (χ1n) is 9.31. The largest absolute Gasteiger partial charge is 0.455 e. The van der Waals surface area contributed by atoms with Crippen molar-refractivity contribution < 1.29 is 9.34 Å². The Balaban J connectivity index is 1.75. The van der Waals surface area contributed by atoms with Crippen LogP contribution < -0.4 is 0 Å². The van der Waals surface area contributed by atoms with Crippen LogP contribution in [0.2, 0.25) is 0 Å². The average molecular weight is 378 g/mol. The molecular formula is C24H14N2O3. The molecule has 0 spiro atoms. The van der Waals surface area contributed by atoms with Crippen molar-refractivity contribution >= 4 is 49.4 Å². The van der Waals surface area contributed by atoms with E-state index in [1.165, 1.54) is 0 Å². The molecule has 138 valence electrons. The van der Waals surface area contributed by atoms with Crippen molar-refractivity contribution in [1.82, 2.24) is 4.98 Å². The van der Waals surface area contributed by atoms with Gasteiger partial charge in [0.15, 0.2) is 0 Å². The van der Waals surface area contributed by atoms with Crippen LogP contribution in [0.25, 0.3) is 54.9 Å². The zero-order valence-electron chi connectivity index (χ0n) is 15.2. The second kappa shape index (κ2) is 5.69. The number of aromatic nitrogens is 1. The van der Waals surface area contributed by atoms with Crippen molar-refractivity contribution in [2.24, 2.45) is 0 Å². The van der Waals surface area contributed by atoms with Crippen LogP contribution in [0.15, 0.2) is 83.3 Å². The normalized spacial score (nSPS) is 11.7. The predicted molar refractivity (Wildman–Crippen MR) is 115 cm³/mol. The average Bonchev–Trinajstić information content (AvgIpc) is 3.31. The number of nitrogens with one attached hydrogen (secondary N) is 1. The summed E-state index contributed by atoms with van der Waals surface area (Å²) in [6, 6.07) is 25.1. The third kappa shape index (κ3) is 2.15. The van der Waals surface area contributed by atoms with Gasteiger partial charge in [0.25, 0.3) is 0 Å². The Bertz CT molecular complexity index is 1590. The van der Waals surface area contributed by atoms with E-state index < -0.39 is 0 Å². The van der Waals surface area contributed by atoms with Crippen molar-refractivity contribution in [3.8, 4) is 11.1 Å². The van der Waals surface area contributed by atoms with Crippen LogP contribution in [0.4, 0.5) is 5.69 Å². The molecule has 6 rings (SSSR count). The van der Waals surface area contributed by atoms with Gasteiger partial charge in [-0.3, -0.25) is 10.1 Å². The summed E-state index contributed by atoms with van der Waals surface area (Å²) in [4.78, 5) is 15.1. The number of nitrogens with zero attached hydrogens (tertiary/aromatic N) is 1. The van der Waals surface area contributed by atoms with Gasteiger partial charge in [-0.25, -0.2) is 0 Å². The monoisotopic (exact) mass is 378 g/mol. The number of aromatic amines is 1. The standard InChI is InChI=1S/C24H14N2O3/c27-26(28)23-17(13-12-16-14-6-1-3-10-20(14)25-22(16)23)19-9-5-8-18-15-7-2-4-11-21(15)29-24(18)19/h1-13,25H. The summed E-state index contributed by atoms with van der Waals surface area (Å²) in [5.41, 5.74) is 4.15. The molecule has 0 amide bonds. The summed E-state index contributed by atoms with van der Waals surface area (Å²) in [6.45, 7) is 0. The number of rotatable bonds is 2. The SMILES string of the molecule is O=[N+]([O-])c1c(-c2cccc3c2oc2ccccc23)ccc2c1[nH]c1ccccc12. The molecular weight excluding hydrogens is 364 g/mol. The smallest absolute Gasteiger partial charge is 0.301 e. The van der Waals surface area contributed by atoms with Gasteiger partial charge in [0.2, 0.25) is 0 Å². The van der Waals surface area contributed by atoms with E-state index in [-0.39, 0.29) is 10.6 Å². The molecule has 2 aromatic heterocycles. The van der Waals surface area contributed by atoms with Gasteiger partial charge in [0.05, 0.1) is 10.5 Å². The Morgan fingerprint density at radius 3 is 2.34 bits per heavy atom. The van der Waals surface area contributed by atoms with Gasteiger partial charge in [-0.2, -0.15) is 0 Å². The first-order chi connectivity index (χ1) is 14.2. The lowest BCUT2D eigenvalue weighted by atomic mass is 9.99. The van der Waals surface area contributed by atoms with E-state index in [1.54, 1.807) is 0 Å². The lowest BCUT2D eigenvalue weighted by Crippen LogP contribution is -1.94. The highest BCUT2D eigenvalue weighted by atomic mass is 16.6. The van der Waals surface area contributed by atoms with Gasteiger partial charge in [0.1, 0.15) is 16.7 Å². The molecule has 1 N–H and O–H groups in total. The lowest BCUT2D eigenvalue weighted by molar-refractivity contribution is -0.382. The topological polar surface area (TPSA) is 72.1 Å². The highest BCUT2D eigenvalue weighted by Crippen LogP contribution is 2.43. The third-order valence-corrected chi connectivity index (χ3v) is 5.53. The number of para-hydroxylation sites is 3. The number of benzene rings is 4. The summed E-state index contributed by atoms with van der Waals surface area (Å²) >= 11 is 0. The van der Waals surface area contributed by atoms with Crippen LogP contribution in [0.1, 0.15) is 0 Å². The van der Waals surface area contributed by atoms with Gasteiger partial charge >= 0.3 is 5.69 Å². The molecule has 2 heterocycles. The zero-order valence-corrected chi connectivity index (χ0v) is 15.2. The zero-order chi connectivity index (χ0) is 19.5. The number of hydrogen-bond acceptors (Lipinski definition) is 3. The van der Waals surface area contributed by atoms with E-state index >= 15 is 0 Å². The van der Waals surface area contributed by atoms with Crippen molar-refractivity contribution in [1.29, 1.82) is 0 Å².